The van der Waals surface area contributed by atoms with Crippen molar-refractivity contribution in [3.05, 3.63) is 57.2 Å². The third kappa shape index (κ3) is 4.43. The van der Waals surface area contributed by atoms with Crippen molar-refractivity contribution >= 4 is 38.7 Å². The summed E-state index contributed by atoms with van der Waals surface area (Å²) >= 11 is 7.59. The van der Waals surface area contributed by atoms with Crippen molar-refractivity contribution < 1.29 is 13.2 Å². The number of benzene rings is 1. The molecule has 1 amide bonds. The lowest BCUT2D eigenvalue weighted by molar-refractivity contribution is -0.133. The van der Waals surface area contributed by atoms with Crippen molar-refractivity contribution in [2.24, 2.45) is 0 Å². The lowest BCUT2D eigenvalue weighted by Crippen LogP contribution is -2.41. The van der Waals surface area contributed by atoms with Gasteiger partial charge in [-0.25, -0.2) is 8.42 Å². The third-order valence-corrected chi connectivity index (χ3v) is 7.56. The first-order valence-electron chi connectivity index (χ1n) is 8.10. The fourth-order valence-corrected chi connectivity index (χ4v) is 5.83. The van der Waals surface area contributed by atoms with Gasteiger partial charge in [0, 0.05) is 23.0 Å². The number of likely N-dealkylation sites (N-methyl/N-ethyl adjacent to an activating group) is 1. The number of hydrogen-bond donors (Lipinski definition) is 0. The summed E-state index contributed by atoms with van der Waals surface area (Å²) in [6.07, 6.45) is 1.11. The van der Waals surface area contributed by atoms with Crippen molar-refractivity contribution in [1.29, 1.82) is 0 Å². The summed E-state index contributed by atoms with van der Waals surface area (Å²) in [6, 6.07) is 11.1. The number of amides is 1. The molecule has 134 valence electrons. The summed E-state index contributed by atoms with van der Waals surface area (Å²) in [5.41, 5.74) is 0.899. The zero-order valence-electron chi connectivity index (χ0n) is 13.9. The van der Waals surface area contributed by atoms with E-state index in [2.05, 4.69) is 0 Å². The van der Waals surface area contributed by atoms with Gasteiger partial charge in [-0.2, -0.15) is 0 Å². The Morgan fingerprint density at radius 3 is 2.60 bits per heavy atom. The number of hydrogen-bond acceptors (Lipinski definition) is 4. The molecule has 1 aliphatic rings. The molecule has 1 saturated heterocycles. The Morgan fingerprint density at radius 1 is 1.32 bits per heavy atom. The molecule has 1 fully saturated rings. The maximum atomic E-state index is 13.2. The molecule has 7 heteroatoms. The second-order valence-corrected chi connectivity index (χ2v) is 10.1. The van der Waals surface area contributed by atoms with Crippen LogP contribution in [0.5, 0.6) is 0 Å². The normalized spacial score (nSPS) is 20.3. The lowest BCUT2D eigenvalue weighted by atomic mass is 9.93. The molecule has 2 aromatic rings. The lowest BCUT2D eigenvalue weighted by Gasteiger charge is -2.28. The highest BCUT2D eigenvalue weighted by Gasteiger charge is 2.35. The molecule has 2 heterocycles. The predicted octanol–water partition coefficient (Wildman–Crippen LogP) is 3.37. The summed E-state index contributed by atoms with van der Waals surface area (Å²) < 4.78 is 23.5. The highest BCUT2D eigenvalue weighted by atomic mass is 35.5. The smallest absolute Gasteiger partial charge is 0.230 e. The van der Waals surface area contributed by atoms with Crippen LogP contribution in [0.1, 0.15) is 22.8 Å². The van der Waals surface area contributed by atoms with Gasteiger partial charge in [0.05, 0.1) is 17.4 Å². The van der Waals surface area contributed by atoms with Crippen LogP contribution in [-0.2, 0) is 21.1 Å². The van der Waals surface area contributed by atoms with E-state index in [-0.39, 0.29) is 29.4 Å². The summed E-state index contributed by atoms with van der Waals surface area (Å²) in [5, 5.41) is 2.62. The largest absolute Gasteiger partial charge is 0.341 e. The van der Waals surface area contributed by atoms with Crippen LogP contribution in [0.2, 0.25) is 5.02 Å². The summed E-state index contributed by atoms with van der Waals surface area (Å²) in [4.78, 5) is 15.9. The third-order valence-electron chi connectivity index (χ3n) is 4.66. The summed E-state index contributed by atoms with van der Waals surface area (Å²) in [5.74, 6) is -0.171. The Balaban J connectivity index is 1.85. The van der Waals surface area contributed by atoms with Gasteiger partial charge in [-0.1, -0.05) is 29.8 Å². The molecule has 25 heavy (non-hydrogen) atoms. The Bertz CT molecular complexity index is 832. The van der Waals surface area contributed by atoms with Gasteiger partial charge >= 0.3 is 0 Å². The second-order valence-electron chi connectivity index (χ2n) is 6.39. The first-order chi connectivity index (χ1) is 11.9. The SMILES string of the molecule is CN(C(=O)C(Cc1cccs1)c1ccc(Cl)cc1)C1CCS(=O)(=O)C1. The van der Waals surface area contributed by atoms with Gasteiger partial charge in [-0.15, -0.1) is 11.3 Å². The highest BCUT2D eigenvalue weighted by Crippen LogP contribution is 2.28. The monoisotopic (exact) mass is 397 g/mol. The van der Waals surface area contributed by atoms with Gasteiger partial charge in [0.1, 0.15) is 0 Å². The van der Waals surface area contributed by atoms with E-state index in [1.807, 2.05) is 29.6 Å². The van der Waals surface area contributed by atoms with Crippen LogP contribution < -0.4 is 0 Å². The molecule has 2 unspecified atom stereocenters. The number of halogens is 1. The molecule has 3 rings (SSSR count). The van der Waals surface area contributed by atoms with Crippen LogP contribution in [0.15, 0.2) is 41.8 Å². The molecule has 0 bridgehead atoms. The van der Waals surface area contributed by atoms with Crippen molar-refractivity contribution in [2.45, 2.75) is 24.8 Å². The molecule has 1 aromatic carbocycles. The molecule has 4 nitrogen and oxygen atoms in total. The highest BCUT2D eigenvalue weighted by molar-refractivity contribution is 7.91. The van der Waals surface area contributed by atoms with E-state index in [0.29, 0.717) is 17.9 Å². The zero-order valence-corrected chi connectivity index (χ0v) is 16.3. The minimum atomic E-state index is -3.03. The maximum absolute atomic E-state index is 13.2. The quantitative estimate of drug-likeness (QED) is 0.777. The maximum Gasteiger partial charge on any atom is 0.230 e. The summed E-state index contributed by atoms with van der Waals surface area (Å²) in [7, 11) is -1.32. The van der Waals surface area contributed by atoms with E-state index in [9.17, 15) is 13.2 Å². The molecule has 2 atom stereocenters. The molecule has 0 radical (unpaired) electrons. The molecule has 0 aliphatic carbocycles. The minimum absolute atomic E-state index is 0.0437. The fraction of sp³-hybridized carbons (Fsp3) is 0.389. The molecule has 0 spiro atoms. The van der Waals surface area contributed by atoms with Crippen molar-refractivity contribution in [1.82, 2.24) is 4.90 Å². The average Bonchev–Trinajstić information content (AvgIpc) is 3.21. The molecular weight excluding hydrogens is 378 g/mol. The van der Waals surface area contributed by atoms with Gasteiger partial charge in [-0.3, -0.25) is 4.79 Å². The van der Waals surface area contributed by atoms with Crippen LogP contribution in [0.3, 0.4) is 0 Å². The standard InChI is InChI=1S/C18H20ClNO3S2/c1-20(15-8-10-25(22,23)12-15)18(21)17(11-16-3-2-9-24-16)13-4-6-14(19)7-5-13/h2-7,9,15,17H,8,10-12H2,1H3. The molecule has 0 N–H and O–H groups in total. The van der Waals surface area contributed by atoms with Gasteiger partial charge in [0.15, 0.2) is 9.84 Å². The fourth-order valence-electron chi connectivity index (χ4n) is 3.18. The Morgan fingerprint density at radius 2 is 2.04 bits per heavy atom. The van der Waals surface area contributed by atoms with Gasteiger partial charge < -0.3 is 4.90 Å². The van der Waals surface area contributed by atoms with Crippen LogP contribution in [-0.4, -0.2) is 43.8 Å². The van der Waals surface area contributed by atoms with Crippen molar-refractivity contribution in [2.75, 3.05) is 18.6 Å². The first kappa shape index (κ1) is 18.4. The van der Waals surface area contributed by atoms with Gasteiger partial charge in [-0.05, 0) is 42.0 Å². The topological polar surface area (TPSA) is 54.5 Å². The number of thiophene rings is 1. The number of sulfone groups is 1. The Hall–Kier alpha value is -1.37. The number of carbonyl (C=O) groups is 1. The first-order valence-corrected chi connectivity index (χ1v) is 11.2. The predicted molar refractivity (Wildman–Crippen MR) is 102 cm³/mol. The van der Waals surface area contributed by atoms with E-state index in [0.717, 1.165) is 10.4 Å². The van der Waals surface area contributed by atoms with Crippen LogP contribution in [0.4, 0.5) is 0 Å². The molecule has 0 saturated carbocycles. The molecule has 1 aliphatic heterocycles. The van der Waals surface area contributed by atoms with E-state index in [1.54, 1.807) is 35.4 Å². The number of rotatable bonds is 5. The Kier molecular flexibility index (Phi) is 5.51. The van der Waals surface area contributed by atoms with Crippen molar-refractivity contribution in [3.8, 4) is 0 Å². The molecular formula is C18H20ClNO3S2. The van der Waals surface area contributed by atoms with E-state index in [1.165, 1.54) is 0 Å². The Labute approximate surface area is 157 Å². The van der Waals surface area contributed by atoms with Gasteiger partial charge in [0.2, 0.25) is 5.91 Å². The van der Waals surface area contributed by atoms with E-state index in [4.69, 9.17) is 11.6 Å². The summed E-state index contributed by atoms with van der Waals surface area (Å²) in [6.45, 7) is 0. The van der Waals surface area contributed by atoms with Crippen LogP contribution >= 0.6 is 22.9 Å². The van der Waals surface area contributed by atoms with E-state index < -0.39 is 9.84 Å². The van der Waals surface area contributed by atoms with Crippen LogP contribution in [0.25, 0.3) is 0 Å². The van der Waals surface area contributed by atoms with E-state index >= 15 is 0 Å². The average molecular weight is 398 g/mol. The second kappa shape index (κ2) is 7.48. The molecule has 1 aromatic heterocycles. The number of nitrogens with zero attached hydrogens (tertiary/aromatic N) is 1. The van der Waals surface area contributed by atoms with Gasteiger partial charge in [0.25, 0.3) is 0 Å². The van der Waals surface area contributed by atoms with Crippen LogP contribution in [0, 0.1) is 0 Å². The zero-order chi connectivity index (χ0) is 18.0. The minimum Gasteiger partial charge on any atom is -0.341 e. The number of carbonyl (C=O) groups excluding carboxylic acids is 1. The van der Waals surface area contributed by atoms with Crippen molar-refractivity contribution in [3.63, 3.8) is 0 Å².